The molecule has 0 unspecified atom stereocenters. The number of carbonyl (C=O) groups is 1. The van der Waals surface area contributed by atoms with E-state index in [1.807, 2.05) is 0 Å². The largest absolute Gasteiger partial charge is 0.478 e. The van der Waals surface area contributed by atoms with Gasteiger partial charge in [-0.05, 0) is 45.8 Å². The van der Waals surface area contributed by atoms with Gasteiger partial charge in [0.25, 0.3) is 0 Å². The van der Waals surface area contributed by atoms with Gasteiger partial charge < -0.3 is 5.11 Å². The van der Waals surface area contributed by atoms with E-state index in [1.54, 1.807) is 12.1 Å². The van der Waals surface area contributed by atoms with Gasteiger partial charge in [0.1, 0.15) is 0 Å². The summed E-state index contributed by atoms with van der Waals surface area (Å²) in [5.41, 5.74) is 0.590. The van der Waals surface area contributed by atoms with E-state index < -0.39 is 17.7 Å². The molecule has 0 radical (unpaired) electrons. The molecule has 0 aliphatic carbocycles. The Labute approximate surface area is 142 Å². The molecule has 1 heterocycles. The predicted molar refractivity (Wildman–Crippen MR) is 84.9 cm³/mol. The summed E-state index contributed by atoms with van der Waals surface area (Å²) in [6.07, 6.45) is -3.08. The number of fused-ring (bicyclic) bond motifs is 1. The molecule has 0 aliphatic heterocycles. The van der Waals surface area contributed by atoms with Crippen LogP contribution in [-0.2, 0) is 12.7 Å². The number of rotatable bonds is 3. The number of hydrogen-bond donors (Lipinski definition) is 1. The van der Waals surface area contributed by atoms with Gasteiger partial charge in [-0.25, -0.2) is 4.79 Å². The Morgan fingerprint density at radius 3 is 2.67 bits per heavy atom. The monoisotopic (exact) mass is 398 g/mol. The molecular formula is C16H10BrF3N2O2. The lowest BCUT2D eigenvalue weighted by atomic mass is 10.1. The topological polar surface area (TPSA) is 55.1 Å². The van der Waals surface area contributed by atoms with E-state index in [9.17, 15) is 18.0 Å². The molecule has 1 N–H and O–H groups in total. The van der Waals surface area contributed by atoms with Crippen molar-refractivity contribution in [2.45, 2.75) is 12.7 Å². The Morgan fingerprint density at radius 2 is 2.00 bits per heavy atom. The number of nitrogens with zero attached hydrogens (tertiary/aromatic N) is 2. The number of aromatic carboxylic acids is 1. The molecule has 0 atom stereocenters. The van der Waals surface area contributed by atoms with Crippen LogP contribution in [0.15, 0.2) is 47.1 Å². The van der Waals surface area contributed by atoms with Crippen molar-refractivity contribution in [1.29, 1.82) is 0 Å². The van der Waals surface area contributed by atoms with Crippen molar-refractivity contribution in [3.63, 3.8) is 0 Å². The SMILES string of the molecule is O=C(O)c1cccc(Cn2ncc3cc(C(F)(F)F)cc(Br)c32)c1. The summed E-state index contributed by atoms with van der Waals surface area (Å²) in [4.78, 5) is 11.0. The molecule has 1 aromatic heterocycles. The molecule has 0 aliphatic rings. The van der Waals surface area contributed by atoms with Crippen LogP contribution in [0.3, 0.4) is 0 Å². The molecule has 124 valence electrons. The van der Waals surface area contributed by atoms with Gasteiger partial charge in [-0.3, -0.25) is 4.68 Å². The molecule has 2 aromatic carbocycles. The maximum Gasteiger partial charge on any atom is 0.416 e. The maximum atomic E-state index is 12.9. The molecule has 3 rings (SSSR count). The zero-order valence-electron chi connectivity index (χ0n) is 12.0. The fraction of sp³-hybridized carbons (Fsp3) is 0.125. The van der Waals surface area contributed by atoms with Crippen LogP contribution in [0.1, 0.15) is 21.5 Å². The van der Waals surface area contributed by atoms with E-state index in [1.165, 1.54) is 23.0 Å². The van der Waals surface area contributed by atoms with E-state index in [2.05, 4.69) is 21.0 Å². The van der Waals surface area contributed by atoms with Crippen molar-refractivity contribution in [3.05, 3.63) is 63.8 Å². The summed E-state index contributed by atoms with van der Waals surface area (Å²) in [7, 11) is 0. The fourth-order valence-corrected chi connectivity index (χ4v) is 3.12. The van der Waals surface area contributed by atoms with Gasteiger partial charge in [0.2, 0.25) is 0 Å². The molecule has 0 fully saturated rings. The molecular weight excluding hydrogens is 389 g/mol. The van der Waals surface area contributed by atoms with Crippen LogP contribution in [0.4, 0.5) is 13.2 Å². The van der Waals surface area contributed by atoms with Crippen molar-refractivity contribution in [3.8, 4) is 0 Å². The number of alkyl halides is 3. The first kappa shape index (κ1) is 16.5. The lowest BCUT2D eigenvalue weighted by molar-refractivity contribution is -0.137. The summed E-state index contributed by atoms with van der Waals surface area (Å²) in [6.45, 7) is 0.245. The molecule has 0 bridgehead atoms. The van der Waals surface area contributed by atoms with Crippen LogP contribution in [0, 0.1) is 0 Å². The fourth-order valence-electron chi connectivity index (χ4n) is 2.44. The third kappa shape index (κ3) is 3.14. The Balaban J connectivity index is 2.02. The van der Waals surface area contributed by atoms with Crippen LogP contribution in [0.5, 0.6) is 0 Å². The Bertz CT molecular complexity index is 935. The number of hydrogen-bond acceptors (Lipinski definition) is 2. The Kier molecular flexibility index (Phi) is 4.08. The summed E-state index contributed by atoms with van der Waals surface area (Å²) in [5.74, 6) is -1.04. The summed E-state index contributed by atoms with van der Waals surface area (Å²) in [6, 6.07) is 8.37. The first-order valence-electron chi connectivity index (χ1n) is 6.80. The van der Waals surface area contributed by atoms with Crippen LogP contribution in [-0.4, -0.2) is 20.9 Å². The summed E-state index contributed by atoms with van der Waals surface area (Å²) < 4.78 is 40.4. The van der Waals surface area contributed by atoms with Crippen molar-refractivity contribution in [1.82, 2.24) is 9.78 Å². The van der Waals surface area contributed by atoms with Gasteiger partial charge in [0.15, 0.2) is 0 Å². The third-order valence-corrected chi connectivity index (χ3v) is 4.13. The van der Waals surface area contributed by atoms with E-state index >= 15 is 0 Å². The smallest absolute Gasteiger partial charge is 0.416 e. The second-order valence-electron chi connectivity index (χ2n) is 5.20. The lowest BCUT2D eigenvalue weighted by Crippen LogP contribution is -2.06. The highest BCUT2D eigenvalue weighted by molar-refractivity contribution is 9.10. The van der Waals surface area contributed by atoms with Gasteiger partial charge in [-0.1, -0.05) is 12.1 Å². The second-order valence-corrected chi connectivity index (χ2v) is 6.06. The van der Waals surface area contributed by atoms with Crippen LogP contribution in [0.2, 0.25) is 0 Å². The number of aromatic nitrogens is 2. The zero-order valence-corrected chi connectivity index (χ0v) is 13.6. The second kappa shape index (κ2) is 5.94. The molecule has 0 spiro atoms. The zero-order chi connectivity index (χ0) is 17.5. The van der Waals surface area contributed by atoms with Crippen LogP contribution >= 0.6 is 15.9 Å². The minimum Gasteiger partial charge on any atom is -0.478 e. The molecule has 4 nitrogen and oxygen atoms in total. The highest BCUT2D eigenvalue weighted by atomic mass is 79.9. The van der Waals surface area contributed by atoms with Crippen molar-refractivity contribution >= 4 is 32.8 Å². The first-order chi connectivity index (χ1) is 11.3. The third-order valence-electron chi connectivity index (χ3n) is 3.52. The minimum atomic E-state index is -4.44. The standard InChI is InChI=1S/C16H10BrF3N2O2/c17-13-6-12(16(18,19)20)5-11-7-21-22(14(11)13)8-9-2-1-3-10(4-9)15(23)24/h1-7H,8H2,(H,23,24). The Hall–Kier alpha value is -2.35. The quantitative estimate of drug-likeness (QED) is 0.703. The molecule has 3 aromatic rings. The van der Waals surface area contributed by atoms with Gasteiger partial charge in [0.05, 0.1) is 29.4 Å². The number of halogens is 4. The summed E-state index contributed by atoms with van der Waals surface area (Å²) in [5, 5.41) is 13.5. The molecule has 24 heavy (non-hydrogen) atoms. The number of carboxylic acids is 1. The van der Waals surface area contributed by atoms with Crippen molar-refractivity contribution < 1.29 is 23.1 Å². The lowest BCUT2D eigenvalue weighted by Gasteiger charge is -2.10. The highest BCUT2D eigenvalue weighted by Crippen LogP contribution is 2.35. The van der Waals surface area contributed by atoms with Crippen molar-refractivity contribution in [2.24, 2.45) is 0 Å². The Morgan fingerprint density at radius 1 is 1.25 bits per heavy atom. The average Bonchev–Trinajstić information content (AvgIpc) is 2.90. The molecule has 0 amide bonds. The van der Waals surface area contributed by atoms with E-state index in [4.69, 9.17) is 5.11 Å². The van der Waals surface area contributed by atoms with E-state index in [-0.39, 0.29) is 16.6 Å². The minimum absolute atomic E-state index is 0.141. The molecule has 8 heteroatoms. The van der Waals surface area contributed by atoms with Gasteiger partial charge >= 0.3 is 12.1 Å². The van der Waals surface area contributed by atoms with E-state index in [0.717, 1.165) is 12.1 Å². The first-order valence-corrected chi connectivity index (χ1v) is 7.59. The van der Waals surface area contributed by atoms with Gasteiger partial charge in [-0.15, -0.1) is 0 Å². The number of benzene rings is 2. The molecule has 0 saturated carbocycles. The maximum absolute atomic E-state index is 12.9. The predicted octanol–water partition coefficient (Wildman–Crippen LogP) is 4.56. The van der Waals surface area contributed by atoms with Gasteiger partial charge in [-0.2, -0.15) is 18.3 Å². The van der Waals surface area contributed by atoms with E-state index in [0.29, 0.717) is 16.5 Å². The van der Waals surface area contributed by atoms with Crippen LogP contribution < -0.4 is 0 Å². The number of carboxylic acid groups (broad SMARTS) is 1. The van der Waals surface area contributed by atoms with Gasteiger partial charge in [0, 0.05) is 9.86 Å². The molecule has 0 saturated heterocycles. The highest BCUT2D eigenvalue weighted by Gasteiger charge is 2.31. The van der Waals surface area contributed by atoms with Crippen molar-refractivity contribution in [2.75, 3.05) is 0 Å². The average molecular weight is 399 g/mol. The van der Waals surface area contributed by atoms with Crippen LogP contribution in [0.25, 0.3) is 10.9 Å². The summed E-state index contributed by atoms with van der Waals surface area (Å²) >= 11 is 3.17. The normalized spacial score (nSPS) is 11.8.